The van der Waals surface area contributed by atoms with Crippen molar-refractivity contribution in [2.45, 2.75) is 43.7 Å². The molecule has 1 aromatic heterocycles. The van der Waals surface area contributed by atoms with Gasteiger partial charge < -0.3 is 15.1 Å². The predicted molar refractivity (Wildman–Crippen MR) is 109 cm³/mol. The van der Waals surface area contributed by atoms with Crippen LogP contribution >= 0.6 is 0 Å². The average molecular weight is 386 g/mol. The molecule has 6 heteroatoms. The van der Waals surface area contributed by atoms with Crippen LogP contribution in [0.15, 0.2) is 36.5 Å². The Morgan fingerprint density at radius 1 is 1.04 bits per heavy atom. The second kappa shape index (κ2) is 8.03. The van der Waals surface area contributed by atoms with E-state index < -0.39 is 11.6 Å². The van der Waals surface area contributed by atoms with Gasteiger partial charge in [-0.05, 0) is 75.5 Å². The molecule has 0 unspecified atom stereocenters. The van der Waals surface area contributed by atoms with Crippen molar-refractivity contribution in [3.8, 4) is 0 Å². The molecule has 0 spiro atoms. The largest absolute Gasteiger partial charge is 0.370 e. The second-order valence-corrected chi connectivity index (χ2v) is 8.30. The van der Waals surface area contributed by atoms with Crippen LogP contribution in [0.4, 0.5) is 20.3 Å². The van der Waals surface area contributed by atoms with Crippen LogP contribution in [-0.4, -0.2) is 49.2 Å². The van der Waals surface area contributed by atoms with Crippen LogP contribution in [0.3, 0.4) is 0 Å². The molecule has 1 saturated heterocycles. The molecule has 2 aliphatic rings. The molecule has 0 amide bonds. The number of benzene rings is 1. The van der Waals surface area contributed by atoms with Gasteiger partial charge in [-0.3, -0.25) is 0 Å². The number of nitrogens with zero attached hydrogens (tertiary/aromatic N) is 3. The number of hydrogen-bond donors (Lipinski definition) is 1. The van der Waals surface area contributed by atoms with Gasteiger partial charge >= 0.3 is 0 Å². The predicted octanol–water partition coefficient (Wildman–Crippen LogP) is 4.25. The number of nitrogens with one attached hydrogen (secondary N) is 1. The standard InChI is InChI=1S/C22H28F2N4/c1-27(2)20-5-7-28(8-6-20)21-3-4-22(25-14-21)26-19-11-16(12-19)15-9-17(23)13-18(24)10-15/h3-4,9-10,13-14,16,19-20H,5-8,11-12H2,1-2H3,(H,25,26). The molecule has 150 valence electrons. The molecular weight excluding hydrogens is 358 g/mol. The van der Waals surface area contributed by atoms with Gasteiger partial charge in [0.05, 0.1) is 11.9 Å². The number of piperidine rings is 1. The number of hydrogen-bond acceptors (Lipinski definition) is 4. The molecule has 2 fully saturated rings. The van der Waals surface area contributed by atoms with E-state index in [1.807, 2.05) is 12.3 Å². The zero-order valence-corrected chi connectivity index (χ0v) is 16.5. The Labute approximate surface area is 165 Å². The van der Waals surface area contributed by atoms with Gasteiger partial charge in [-0.15, -0.1) is 0 Å². The van der Waals surface area contributed by atoms with E-state index >= 15 is 0 Å². The van der Waals surface area contributed by atoms with Crippen molar-refractivity contribution in [3.05, 3.63) is 53.7 Å². The number of aromatic nitrogens is 1. The van der Waals surface area contributed by atoms with Crippen molar-refractivity contribution >= 4 is 11.5 Å². The van der Waals surface area contributed by atoms with Gasteiger partial charge in [-0.25, -0.2) is 13.8 Å². The lowest BCUT2D eigenvalue weighted by Gasteiger charge is -2.37. The van der Waals surface area contributed by atoms with E-state index in [0.29, 0.717) is 12.1 Å². The van der Waals surface area contributed by atoms with Crippen molar-refractivity contribution in [1.82, 2.24) is 9.88 Å². The minimum atomic E-state index is -0.502. The van der Waals surface area contributed by atoms with Crippen molar-refractivity contribution in [2.75, 3.05) is 37.4 Å². The molecule has 1 aliphatic heterocycles. The topological polar surface area (TPSA) is 31.4 Å². The van der Waals surface area contributed by atoms with Crippen LogP contribution in [0.1, 0.15) is 37.2 Å². The third-order valence-corrected chi connectivity index (χ3v) is 6.15. The second-order valence-electron chi connectivity index (χ2n) is 8.30. The molecule has 4 rings (SSSR count). The smallest absolute Gasteiger partial charge is 0.126 e. The first-order valence-electron chi connectivity index (χ1n) is 10.1. The van der Waals surface area contributed by atoms with Gasteiger partial charge in [0, 0.05) is 31.2 Å². The lowest BCUT2D eigenvalue weighted by molar-refractivity contribution is 0.249. The van der Waals surface area contributed by atoms with Gasteiger partial charge in [-0.1, -0.05) is 0 Å². The molecule has 1 aliphatic carbocycles. The van der Waals surface area contributed by atoms with Crippen LogP contribution in [0.2, 0.25) is 0 Å². The maximum atomic E-state index is 13.4. The molecular formula is C22H28F2N4. The van der Waals surface area contributed by atoms with E-state index in [4.69, 9.17) is 0 Å². The number of anilines is 2. The maximum absolute atomic E-state index is 13.4. The Morgan fingerprint density at radius 2 is 1.71 bits per heavy atom. The number of rotatable bonds is 5. The zero-order chi connectivity index (χ0) is 19.7. The van der Waals surface area contributed by atoms with Crippen LogP contribution in [-0.2, 0) is 0 Å². The third kappa shape index (κ3) is 4.27. The van der Waals surface area contributed by atoms with Gasteiger partial charge in [0.1, 0.15) is 17.5 Å². The first kappa shape index (κ1) is 19.1. The summed E-state index contributed by atoms with van der Waals surface area (Å²) in [5, 5.41) is 3.44. The molecule has 1 aromatic carbocycles. The first-order valence-corrected chi connectivity index (χ1v) is 10.1. The monoisotopic (exact) mass is 386 g/mol. The van der Waals surface area contributed by atoms with Gasteiger partial charge in [0.2, 0.25) is 0 Å². The zero-order valence-electron chi connectivity index (χ0n) is 16.5. The highest BCUT2D eigenvalue weighted by Crippen LogP contribution is 2.38. The number of pyridine rings is 1. The summed E-state index contributed by atoms with van der Waals surface area (Å²) in [6, 6.07) is 8.93. The van der Waals surface area contributed by atoms with Crippen LogP contribution in [0, 0.1) is 11.6 Å². The quantitative estimate of drug-likeness (QED) is 0.833. The van der Waals surface area contributed by atoms with Crippen LogP contribution < -0.4 is 10.2 Å². The molecule has 2 aromatic rings. The summed E-state index contributed by atoms with van der Waals surface area (Å²) in [7, 11) is 4.30. The summed E-state index contributed by atoms with van der Waals surface area (Å²) in [6.07, 6.45) is 6.03. The van der Waals surface area contributed by atoms with Gasteiger partial charge in [0.15, 0.2) is 0 Å². The Morgan fingerprint density at radius 3 is 2.29 bits per heavy atom. The molecule has 4 nitrogen and oxygen atoms in total. The fraction of sp³-hybridized carbons (Fsp3) is 0.500. The molecule has 2 heterocycles. The minimum absolute atomic E-state index is 0.208. The summed E-state index contributed by atoms with van der Waals surface area (Å²) in [5.41, 5.74) is 1.92. The van der Waals surface area contributed by atoms with E-state index in [1.165, 1.54) is 30.7 Å². The van der Waals surface area contributed by atoms with Crippen molar-refractivity contribution in [2.24, 2.45) is 0 Å². The average Bonchev–Trinajstić information content (AvgIpc) is 2.64. The lowest BCUT2D eigenvalue weighted by atomic mass is 9.76. The van der Waals surface area contributed by atoms with Crippen molar-refractivity contribution < 1.29 is 8.78 Å². The summed E-state index contributed by atoms with van der Waals surface area (Å²) in [4.78, 5) is 9.28. The summed E-state index contributed by atoms with van der Waals surface area (Å²) >= 11 is 0. The summed E-state index contributed by atoms with van der Waals surface area (Å²) in [6.45, 7) is 2.12. The molecule has 0 bridgehead atoms. The fourth-order valence-corrected chi connectivity index (χ4v) is 4.33. The highest BCUT2D eigenvalue weighted by molar-refractivity contribution is 5.50. The van der Waals surface area contributed by atoms with E-state index in [0.717, 1.165) is 43.4 Å². The first-order chi connectivity index (χ1) is 13.5. The van der Waals surface area contributed by atoms with Crippen molar-refractivity contribution in [1.29, 1.82) is 0 Å². The molecule has 0 atom stereocenters. The summed E-state index contributed by atoms with van der Waals surface area (Å²) < 4.78 is 26.7. The van der Waals surface area contributed by atoms with E-state index in [1.54, 1.807) is 0 Å². The van der Waals surface area contributed by atoms with Crippen LogP contribution in [0.25, 0.3) is 0 Å². The van der Waals surface area contributed by atoms with Crippen LogP contribution in [0.5, 0.6) is 0 Å². The van der Waals surface area contributed by atoms with Gasteiger partial charge in [0.25, 0.3) is 0 Å². The molecule has 0 radical (unpaired) electrons. The highest BCUT2D eigenvalue weighted by atomic mass is 19.1. The lowest BCUT2D eigenvalue weighted by Crippen LogP contribution is -2.42. The molecule has 1 N–H and O–H groups in total. The fourth-order valence-electron chi connectivity index (χ4n) is 4.33. The Hall–Kier alpha value is -2.21. The van der Waals surface area contributed by atoms with Gasteiger partial charge in [-0.2, -0.15) is 0 Å². The number of halogens is 2. The third-order valence-electron chi connectivity index (χ3n) is 6.15. The normalized spacial score (nSPS) is 23.0. The van der Waals surface area contributed by atoms with E-state index in [9.17, 15) is 8.78 Å². The van der Waals surface area contributed by atoms with E-state index in [-0.39, 0.29) is 5.92 Å². The highest BCUT2D eigenvalue weighted by Gasteiger charge is 2.31. The Bertz CT molecular complexity index is 774. The van der Waals surface area contributed by atoms with Crippen molar-refractivity contribution in [3.63, 3.8) is 0 Å². The molecule has 28 heavy (non-hydrogen) atoms. The SMILES string of the molecule is CN(C)C1CCN(c2ccc(NC3CC(c4cc(F)cc(F)c4)C3)nc2)CC1. The van der Waals surface area contributed by atoms with E-state index in [2.05, 4.69) is 40.3 Å². The summed E-state index contributed by atoms with van der Waals surface area (Å²) in [5.74, 6) is 0.0670. The molecule has 1 saturated carbocycles. The minimum Gasteiger partial charge on any atom is -0.370 e. The maximum Gasteiger partial charge on any atom is 0.126 e. The Kier molecular flexibility index (Phi) is 5.49. The Balaban J connectivity index is 1.28.